The van der Waals surface area contributed by atoms with Crippen molar-refractivity contribution in [3.8, 4) is 0 Å². The van der Waals surface area contributed by atoms with Gasteiger partial charge in [0, 0.05) is 11.8 Å². The predicted molar refractivity (Wildman–Crippen MR) is 52.2 cm³/mol. The van der Waals surface area contributed by atoms with Gasteiger partial charge in [-0.3, -0.25) is 4.79 Å². The SMILES string of the molecule is CC(C)OC(=O)CSC(C)CN. The van der Waals surface area contributed by atoms with Gasteiger partial charge in [-0.15, -0.1) is 11.8 Å². The van der Waals surface area contributed by atoms with Crippen LogP contribution < -0.4 is 5.73 Å². The van der Waals surface area contributed by atoms with Crippen molar-refractivity contribution in [2.45, 2.75) is 32.1 Å². The minimum Gasteiger partial charge on any atom is -0.462 e. The predicted octanol–water partition coefficient (Wildman–Crippen LogP) is 1.02. The molecule has 0 aromatic rings. The van der Waals surface area contributed by atoms with E-state index in [-0.39, 0.29) is 12.1 Å². The van der Waals surface area contributed by atoms with E-state index in [2.05, 4.69) is 0 Å². The van der Waals surface area contributed by atoms with E-state index >= 15 is 0 Å². The molecule has 0 bridgehead atoms. The van der Waals surface area contributed by atoms with Crippen LogP contribution >= 0.6 is 11.8 Å². The van der Waals surface area contributed by atoms with E-state index in [1.807, 2.05) is 20.8 Å². The van der Waals surface area contributed by atoms with E-state index in [9.17, 15) is 4.79 Å². The number of ether oxygens (including phenoxy) is 1. The molecule has 3 nitrogen and oxygen atoms in total. The zero-order valence-corrected chi connectivity index (χ0v) is 8.69. The third-order valence-electron chi connectivity index (χ3n) is 1.18. The van der Waals surface area contributed by atoms with Gasteiger partial charge >= 0.3 is 5.97 Å². The van der Waals surface area contributed by atoms with Crippen LogP contribution in [0.15, 0.2) is 0 Å². The van der Waals surface area contributed by atoms with E-state index in [1.54, 1.807) is 0 Å². The molecular formula is C8H17NO2S. The van der Waals surface area contributed by atoms with Gasteiger partial charge in [0.15, 0.2) is 0 Å². The van der Waals surface area contributed by atoms with E-state index in [1.165, 1.54) is 11.8 Å². The average molecular weight is 191 g/mol. The maximum absolute atomic E-state index is 11.0. The Morgan fingerprint density at radius 3 is 2.50 bits per heavy atom. The quantitative estimate of drug-likeness (QED) is 0.659. The molecule has 1 unspecified atom stereocenters. The molecule has 0 spiro atoms. The fraction of sp³-hybridized carbons (Fsp3) is 0.875. The fourth-order valence-corrected chi connectivity index (χ4v) is 1.20. The van der Waals surface area contributed by atoms with Crippen molar-refractivity contribution < 1.29 is 9.53 Å². The Kier molecular flexibility index (Phi) is 6.20. The monoisotopic (exact) mass is 191 g/mol. The summed E-state index contributed by atoms with van der Waals surface area (Å²) in [5.41, 5.74) is 5.39. The van der Waals surface area contributed by atoms with Crippen molar-refractivity contribution in [1.29, 1.82) is 0 Å². The normalized spacial score (nSPS) is 13.1. The van der Waals surface area contributed by atoms with Gasteiger partial charge in [0.05, 0.1) is 11.9 Å². The smallest absolute Gasteiger partial charge is 0.316 e. The molecular weight excluding hydrogens is 174 g/mol. The first-order valence-corrected chi connectivity index (χ1v) is 5.12. The molecule has 0 fully saturated rings. The minimum absolute atomic E-state index is 0.0220. The van der Waals surface area contributed by atoms with E-state index in [0.29, 0.717) is 17.5 Å². The molecule has 0 amide bonds. The lowest BCUT2D eigenvalue weighted by Crippen LogP contribution is -2.18. The lowest BCUT2D eigenvalue weighted by Gasteiger charge is -2.09. The molecule has 2 N–H and O–H groups in total. The van der Waals surface area contributed by atoms with Gasteiger partial charge in [-0.25, -0.2) is 0 Å². The number of rotatable bonds is 5. The molecule has 0 radical (unpaired) electrons. The summed E-state index contributed by atoms with van der Waals surface area (Å²) in [6.45, 7) is 6.27. The van der Waals surface area contributed by atoms with Crippen molar-refractivity contribution in [2.75, 3.05) is 12.3 Å². The standard InChI is InChI=1S/C8H17NO2S/c1-6(2)11-8(10)5-12-7(3)4-9/h6-7H,4-5,9H2,1-3H3. The first-order valence-electron chi connectivity index (χ1n) is 4.07. The maximum atomic E-state index is 11.0. The lowest BCUT2D eigenvalue weighted by atomic mass is 10.5. The molecule has 0 saturated heterocycles. The van der Waals surface area contributed by atoms with Crippen LogP contribution in [0.25, 0.3) is 0 Å². The van der Waals surface area contributed by atoms with E-state index in [0.717, 1.165) is 0 Å². The van der Waals surface area contributed by atoms with Crippen LogP contribution in [-0.4, -0.2) is 29.6 Å². The summed E-state index contributed by atoms with van der Waals surface area (Å²) >= 11 is 1.53. The van der Waals surface area contributed by atoms with Crippen LogP contribution in [0.3, 0.4) is 0 Å². The number of hydrogen-bond donors (Lipinski definition) is 1. The molecule has 12 heavy (non-hydrogen) atoms. The highest BCUT2D eigenvalue weighted by atomic mass is 32.2. The summed E-state index contributed by atoms with van der Waals surface area (Å²) < 4.78 is 4.94. The Morgan fingerprint density at radius 1 is 1.50 bits per heavy atom. The van der Waals surface area contributed by atoms with Gasteiger partial charge < -0.3 is 10.5 Å². The molecule has 4 heteroatoms. The molecule has 0 aliphatic heterocycles. The second-order valence-corrected chi connectivity index (χ2v) is 4.32. The van der Waals surface area contributed by atoms with Gasteiger partial charge in [0.1, 0.15) is 0 Å². The largest absolute Gasteiger partial charge is 0.462 e. The van der Waals surface area contributed by atoms with Crippen molar-refractivity contribution in [3.05, 3.63) is 0 Å². The maximum Gasteiger partial charge on any atom is 0.316 e. The highest BCUT2D eigenvalue weighted by Gasteiger charge is 2.07. The van der Waals surface area contributed by atoms with E-state index in [4.69, 9.17) is 10.5 Å². The topological polar surface area (TPSA) is 52.3 Å². The fourth-order valence-electron chi connectivity index (χ4n) is 0.575. The number of carbonyl (C=O) groups is 1. The highest BCUT2D eigenvalue weighted by Crippen LogP contribution is 2.09. The van der Waals surface area contributed by atoms with Gasteiger partial charge in [-0.1, -0.05) is 6.92 Å². The zero-order valence-electron chi connectivity index (χ0n) is 7.87. The summed E-state index contributed by atoms with van der Waals surface area (Å²) in [6, 6.07) is 0. The van der Waals surface area contributed by atoms with Crippen molar-refractivity contribution in [2.24, 2.45) is 5.73 Å². The van der Waals surface area contributed by atoms with Crippen molar-refractivity contribution in [3.63, 3.8) is 0 Å². The molecule has 0 aromatic carbocycles. The summed E-state index contributed by atoms with van der Waals surface area (Å²) in [6.07, 6.45) is -0.0220. The summed E-state index contributed by atoms with van der Waals surface area (Å²) in [5.74, 6) is 0.242. The van der Waals surface area contributed by atoms with Crippen molar-refractivity contribution >= 4 is 17.7 Å². The Balaban J connectivity index is 3.44. The molecule has 0 heterocycles. The highest BCUT2D eigenvalue weighted by molar-refractivity contribution is 8.00. The molecule has 0 saturated carbocycles. The van der Waals surface area contributed by atoms with Gasteiger partial charge in [0.25, 0.3) is 0 Å². The number of carbonyl (C=O) groups excluding carboxylic acids is 1. The zero-order chi connectivity index (χ0) is 9.56. The van der Waals surface area contributed by atoms with Gasteiger partial charge in [0.2, 0.25) is 0 Å². The minimum atomic E-state index is -0.157. The van der Waals surface area contributed by atoms with Crippen LogP contribution in [-0.2, 0) is 9.53 Å². The van der Waals surface area contributed by atoms with Crippen LogP contribution in [0, 0.1) is 0 Å². The number of nitrogens with two attached hydrogens (primary N) is 1. The molecule has 0 aliphatic rings. The lowest BCUT2D eigenvalue weighted by molar-refractivity contribution is -0.144. The first-order chi connectivity index (χ1) is 5.56. The molecule has 72 valence electrons. The van der Waals surface area contributed by atoms with Gasteiger partial charge in [-0.2, -0.15) is 0 Å². The second-order valence-electron chi connectivity index (χ2n) is 2.90. The van der Waals surface area contributed by atoms with Gasteiger partial charge in [-0.05, 0) is 13.8 Å². The molecule has 0 rings (SSSR count). The molecule has 1 atom stereocenters. The number of thioether (sulfide) groups is 1. The second kappa shape index (κ2) is 6.31. The third kappa shape index (κ3) is 6.49. The Bertz CT molecular complexity index is 139. The third-order valence-corrected chi connectivity index (χ3v) is 2.35. The van der Waals surface area contributed by atoms with Crippen LogP contribution in [0.1, 0.15) is 20.8 Å². The number of esters is 1. The molecule has 0 aromatic heterocycles. The summed E-state index contributed by atoms with van der Waals surface area (Å²) in [7, 11) is 0. The van der Waals surface area contributed by atoms with Crippen LogP contribution in [0.4, 0.5) is 0 Å². The Morgan fingerprint density at radius 2 is 2.08 bits per heavy atom. The summed E-state index contributed by atoms with van der Waals surface area (Å²) in [5, 5.41) is 0.324. The summed E-state index contributed by atoms with van der Waals surface area (Å²) in [4.78, 5) is 11.0. The van der Waals surface area contributed by atoms with E-state index < -0.39 is 0 Å². The van der Waals surface area contributed by atoms with Crippen molar-refractivity contribution in [1.82, 2.24) is 0 Å². The average Bonchev–Trinajstić information content (AvgIpc) is 1.99. The Labute approximate surface area is 78.0 Å². The first kappa shape index (κ1) is 11.8. The van der Waals surface area contributed by atoms with Crippen LogP contribution in [0.5, 0.6) is 0 Å². The number of hydrogen-bond acceptors (Lipinski definition) is 4. The Hall–Kier alpha value is -0.220. The molecule has 0 aliphatic carbocycles. The van der Waals surface area contributed by atoms with Crippen LogP contribution in [0.2, 0.25) is 0 Å².